The summed E-state index contributed by atoms with van der Waals surface area (Å²) in [4.78, 5) is 0. The van der Waals surface area contributed by atoms with Crippen molar-refractivity contribution in [2.75, 3.05) is 6.61 Å². The molecule has 0 fully saturated rings. The van der Waals surface area contributed by atoms with E-state index in [2.05, 4.69) is 0 Å². The van der Waals surface area contributed by atoms with Gasteiger partial charge in [-0.25, -0.2) is 0 Å². The van der Waals surface area contributed by atoms with E-state index in [9.17, 15) is 5.11 Å². The summed E-state index contributed by atoms with van der Waals surface area (Å²) in [6, 6.07) is 0. The normalized spacial score (nSPS) is 12.5. The molecule has 0 rings (SSSR count). The van der Waals surface area contributed by atoms with Crippen molar-refractivity contribution in [3.05, 3.63) is 0 Å². The number of rotatable bonds is 1. The molecule has 0 aromatic rings. The molecule has 0 bridgehead atoms. The van der Waals surface area contributed by atoms with Gasteiger partial charge in [0, 0.05) is 6.61 Å². The second-order valence-corrected chi connectivity index (χ2v) is 0.993. The number of aliphatic hydroxyl groups excluding tert-OH is 1. The standard InChI is InChI=1S/C3H7O2.Li/c1-3(5)2-4;/h3-4H,2H2,1H3;/q-1;+1. The smallest absolute Gasteiger partial charge is 0.851 e. The molecule has 0 saturated carbocycles. The van der Waals surface area contributed by atoms with Crippen LogP contribution in [-0.2, 0) is 0 Å². The first kappa shape index (κ1) is 9.72. The zero-order valence-electron chi connectivity index (χ0n) is 4.14. The van der Waals surface area contributed by atoms with Crippen molar-refractivity contribution in [2.24, 2.45) is 0 Å². The second-order valence-electron chi connectivity index (χ2n) is 0.993. The molecule has 0 spiro atoms. The molecule has 0 aliphatic heterocycles. The van der Waals surface area contributed by atoms with Crippen LogP contribution in [0.4, 0.5) is 0 Å². The van der Waals surface area contributed by atoms with Crippen LogP contribution in [-0.4, -0.2) is 17.8 Å². The van der Waals surface area contributed by atoms with Gasteiger partial charge in [-0.15, -0.1) is 6.10 Å². The fourth-order valence-electron chi connectivity index (χ4n) is 0. The monoisotopic (exact) mass is 82.1 g/mol. The van der Waals surface area contributed by atoms with Gasteiger partial charge in [-0.1, -0.05) is 6.92 Å². The van der Waals surface area contributed by atoms with Gasteiger partial charge in [-0.05, 0) is 0 Å². The summed E-state index contributed by atoms with van der Waals surface area (Å²) in [7, 11) is 0. The van der Waals surface area contributed by atoms with Crippen LogP contribution in [0.25, 0.3) is 0 Å². The van der Waals surface area contributed by atoms with Crippen molar-refractivity contribution < 1.29 is 29.1 Å². The van der Waals surface area contributed by atoms with E-state index in [0.717, 1.165) is 0 Å². The van der Waals surface area contributed by atoms with Crippen molar-refractivity contribution in [3.63, 3.8) is 0 Å². The Morgan fingerprint density at radius 3 is 2.00 bits per heavy atom. The predicted molar refractivity (Wildman–Crippen MR) is 16.5 cm³/mol. The van der Waals surface area contributed by atoms with Crippen LogP contribution in [0.15, 0.2) is 0 Å². The Bertz CT molecular complexity index is 22.8. The summed E-state index contributed by atoms with van der Waals surface area (Å²) in [6.45, 7) is 1.17. The molecule has 3 heteroatoms. The van der Waals surface area contributed by atoms with Gasteiger partial charge < -0.3 is 10.2 Å². The molecular weight excluding hydrogens is 75.0 g/mol. The molecule has 0 aromatic heterocycles. The topological polar surface area (TPSA) is 43.3 Å². The summed E-state index contributed by atoms with van der Waals surface area (Å²) >= 11 is 0. The number of hydrogen-bond acceptors (Lipinski definition) is 2. The van der Waals surface area contributed by atoms with Crippen LogP contribution in [0.3, 0.4) is 0 Å². The molecule has 1 atom stereocenters. The van der Waals surface area contributed by atoms with E-state index >= 15 is 0 Å². The molecule has 0 saturated heterocycles. The van der Waals surface area contributed by atoms with Crippen LogP contribution in [0, 0.1) is 0 Å². The van der Waals surface area contributed by atoms with Crippen molar-refractivity contribution >= 4 is 0 Å². The van der Waals surface area contributed by atoms with Gasteiger partial charge in [0.1, 0.15) is 0 Å². The molecule has 0 amide bonds. The van der Waals surface area contributed by atoms with Crippen LogP contribution < -0.4 is 24.0 Å². The van der Waals surface area contributed by atoms with Gasteiger partial charge in [-0.2, -0.15) is 0 Å². The van der Waals surface area contributed by atoms with Gasteiger partial charge in [-0.3, -0.25) is 0 Å². The van der Waals surface area contributed by atoms with Gasteiger partial charge in [0.15, 0.2) is 0 Å². The van der Waals surface area contributed by atoms with Gasteiger partial charge in [0.2, 0.25) is 0 Å². The maximum atomic E-state index is 9.65. The van der Waals surface area contributed by atoms with Crippen LogP contribution in [0.5, 0.6) is 0 Å². The van der Waals surface area contributed by atoms with Crippen molar-refractivity contribution in [3.8, 4) is 0 Å². The third-order valence-electron chi connectivity index (χ3n) is 0.257. The van der Waals surface area contributed by atoms with Crippen molar-refractivity contribution in [1.29, 1.82) is 0 Å². The summed E-state index contributed by atoms with van der Waals surface area (Å²) in [5.41, 5.74) is 0. The van der Waals surface area contributed by atoms with Crippen LogP contribution >= 0.6 is 0 Å². The minimum Gasteiger partial charge on any atom is -0.851 e. The third-order valence-corrected chi connectivity index (χ3v) is 0.257. The Morgan fingerprint density at radius 1 is 1.83 bits per heavy atom. The van der Waals surface area contributed by atoms with E-state index in [1.807, 2.05) is 0 Å². The van der Waals surface area contributed by atoms with Crippen LogP contribution in [0.2, 0.25) is 0 Å². The summed E-state index contributed by atoms with van der Waals surface area (Å²) in [6.07, 6.45) is -0.810. The molecule has 1 unspecified atom stereocenters. The Hall–Kier alpha value is 0.517. The first-order valence-electron chi connectivity index (χ1n) is 1.54. The van der Waals surface area contributed by atoms with Crippen molar-refractivity contribution in [1.82, 2.24) is 0 Å². The average molecular weight is 82.0 g/mol. The molecule has 0 aliphatic rings. The van der Waals surface area contributed by atoms with Gasteiger partial charge in [0.25, 0.3) is 0 Å². The van der Waals surface area contributed by atoms with E-state index in [0.29, 0.717) is 0 Å². The van der Waals surface area contributed by atoms with E-state index in [1.165, 1.54) is 6.92 Å². The van der Waals surface area contributed by atoms with E-state index < -0.39 is 6.10 Å². The number of hydrogen-bond donors (Lipinski definition) is 1. The van der Waals surface area contributed by atoms with Gasteiger partial charge in [0.05, 0.1) is 0 Å². The largest absolute Gasteiger partial charge is 1.00 e. The molecule has 2 nitrogen and oxygen atoms in total. The summed E-state index contributed by atoms with van der Waals surface area (Å²) in [5, 5.41) is 17.5. The Labute approximate surface area is 49.4 Å². The van der Waals surface area contributed by atoms with Crippen molar-refractivity contribution in [2.45, 2.75) is 13.0 Å². The molecule has 6 heavy (non-hydrogen) atoms. The van der Waals surface area contributed by atoms with E-state index in [-0.39, 0.29) is 25.5 Å². The molecular formula is C3H7LiO2. The fraction of sp³-hybridized carbons (Fsp3) is 1.00. The average Bonchev–Trinajstić information content (AvgIpc) is 1.38. The minimum absolute atomic E-state index is 0. The molecule has 0 aliphatic carbocycles. The van der Waals surface area contributed by atoms with Gasteiger partial charge >= 0.3 is 18.9 Å². The van der Waals surface area contributed by atoms with Crippen LogP contribution in [0.1, 0.15) is 6.92 Å². The Morgan fingerprint density at radius 2 is 2.00 bits per heavy atom. The molecule has 1 N–H and O–H groups in total. The molecule has 32 valence electrons. The van der Waals surface area contributed by atoms with E-state index in [1.54, 1.807) is 0 Å². The molecule has 0 heterocycles. The van der Waals surface area contributed by atoms with E-state index in [4.69, 9.17) is 5.11 Å². The minimum atomic E-state index is -0.810. The fourth-order valence-corrected chi connectivity index (χ4v) is 0. The SMILES string of the molecule is CC([O-])CO.[Li+]. The quantitative estimate of drug-likeness (QED) is 0.325. The Kier molecular flexibility index (Phi) is 8.94. The number of aliphatic hydroxyl groups is 1. The second kappa shape index (κ2) is 5.52. The first-order chi connectivity index (χ1) is 2.27. The molecule has 0 radical (unpaired) electrons. The summed E-state index contributed by atoms with van der Waals surface area (Å²) < 4.78 is 0. The predicted octanol–water partition coefficient (Wildman–Crippen LogP) is -4.27. The maximum Gasteiger partial charge on any atom is 1.00 e. The summed E-state index contributed by atoms with van der Waals surface area (Å²) in [5.74, 6) is 0. The Balaban J connectivity index is 0. The maximum absolute atomic E-state index is 9.65. The molecule has 0 aromatic carbocycles. The zero-order chi connectivity index (χ0) is 4.28. The third kappa shape index (κ3) is 8.82. The zero-order valence-corrected chi connectivity index (χ0v) is 4.14. The first-order valence-corrected chi connectivity index (χ1v) is 1.54.